The van der Waals surface area contributed by atoms with Gasteiger partial charge in [0.05, 0.1) is 34.9 Å². The van der Waals surface area contributed by atoms with Crippen molar-refractivity contribution in [1.29, 1.82) is 0 Å². The second-order valence-electron chi connectivity index (χ2n) is 12.3. The molecule has 0 aliphatic carbocycles. The van der Waals surface area contributed by atoms with Gasteiger partial charge in [-0.3, -0.25) is 28.9 Å². The zero-order valence-corrected chi connectivity index (χ0v) is 26.3. The minimum absolute atomic E-state index is 0.0151. The van der Waals surface area contributed by atoms with Gasteiger partial charge in [0, 0.05) is 62.9 Å². The molecule has 1 aromatic carbocycles. The topological polar surface area (TPSA) is 116 Å². The number of nitrogens with zero attached hydrogens (tertiary/aromatic N) is 6. The van der Waals surface area contributed by atoms with Crippen molar-refractivity contribution in [3.8, 4) is 0 Å². The molecule has 3 aromatic heterocycles. The third-order valence-corrected chi connectivity index (χ3v) is 9.29. The number of aromatic amines is 1. The fraction of sp³-hybridized carbons (Fsp3) is 0.273. The molecule has 0 radical (unpaired) electrons. The van der Waals surface area contributed by atoms with Crippen LogP contribution in [0.25, 0.3) is 17.0 Å². The number of aromatic nitrogens is 4. The van der Waals surface area contributed by atoms with Crippen molar-refractivity contribution in [2.75, 3.05) is 26.2 Å². The smallest absolute Gasteiger partial charge is 0.394 e. The highest BCUT2D eigenvalue weighted by molar-refractivity contribution is 6.58. The number of amides is 2. The number of allylic oxidation sites excluding steroid dienone is 2. The maximum Gasteiger partial charge on any atom is 0.737 e. The number of fused-ring (bicyclic) bond motifs is 3. The lowest BCUT2D eigenvalue weighted by Crippen LogP contribution is -2.51. The predicted octanol–water partition coefficient (Wildman–Crippen LogP) is 3.06. The van der Waals surface area contributed by atoms with Crippen LogP contribution in [0.2, 0.25) is 0 Å². The predicted molar refractivity (Wildman–Crippen MR) is 174 cm³/mol. The number of piperazine rings is 1. The quantitative estimate of drug-likeness (QED) is 0.320. The second kappa shape index (κ2) is 11.7. The van der Waals surface area contributed by atoms with Crippen LogP contribution < -0.4 is 11.2 Å². The summed E-state index contributed by atoms with van der Waals surface area (Å²) in [6, 6.07) is 9.56. The summed E-state index contributed by atoms with van der Waals surface area (Å²) in [7, 11) is 0. The highest BCUT2D eigenvalue weighted by Crippen LogP contribution is 2.34. The molecule has 15 heteroatoms. The SMILES string of the molecule is Cc1cc(C)n2c1C=C1C=CC(CCC(=O)N3CCN(C(=O)c4cc(Cn5c(=O)[nH]c(=O)c6ccccc65)ncc4F)CC3)=[N+]1[B-]2(F)F. The van der Waals surface area contributed by atoms with Crippen molar-refractivity contribution in [2.45, 2.75) is 33.2 Å². The van der Waals surface area contributed by atoms with Gasteiger partial charge in [-0.15, -0.1) is 0 Å². The number of benzene rings is 1. The molecular weight excluding hydrogens is 626 g/mol. The Bertz CT molecular complexity index is 2240. The number of pyridine rings is 1. The van der Waals surface area contributed by atoms with E-state index in [-0.39, 0.29) is 62.7 Å². The fourth-order valence-electron chi connectivity index (χ4n) is 6.91. The molecule has 0 atom stereocenters. The second-order valence-corrected chi connectivity index (χ2v) is 12.3. The van der Waals surface area contributed by atoms with Gasteiger partial charge >= 0.3 is 12.7 Å². The van der Waals surface area contributed by atoms with E-state index in [0.29, 0.717) is 33.7 Å². The Labute approximate surface area is 272 Å². The van der Waals surface area contributed by atoms with E-state index < -0.39 is 29.9 Å². The van der Waals surface area contributed by atoms with Crippen LogP contribution in [0.4, 0.5) is 13.0 Å². The largest absolute Gasteiger partial charge is 0.737 e. The molecule has 2 amide bonds. The standard InChI is InChI=1S/C33H31BF3N7O4/c1-20-15-21(2)43-29(20)17-24-8-7-23(44(24)34(43,36)37)9-10-30(45)40-11-13-41(14-12-40)32(47)26-16-22(38-18-27(26)35)19-42-28-6-4-3-5-25(28)31(46)39-33(42)48/h3-8,15-18H,9-14,19H2,1-2H3,(H,39,46,48). The Kier molecular flexibility index (Phi) is 7.56. The summed E-state index contributed by atoms with van der Waals surface area (Å²) < 4.78 is 49.7. The molecular formula is C33H31BF3N7O4. The molecule has 246 valence electrons. The van der Waals surface area contributed by atoms with E-state index in [1.807, 2.05) is 0 Å². The molecule has 0 unspecified atom stereocenters. The van der Waals surface area contributed by atoms with Gasteiger partial charge in [0.15, 0.2) is 11.5 Å². The minimum atomic E-state index is -4.12. The van der Waals surface area contributed by atoms with Crippen LogP contribution in [0.5, 0.6) is 0 Å². The maximum absolute atomic E-state index is 15.7. The van der Waals surface area contributed by atoms with Gasteiger partial charge < -0.3 is 27.4 Å². The van der Waals surface area contributed by atoms with Crippen molar-refractivity contribution < 1.29 is 27.1 Å². The van der Waals surface area contributed by atoms with Crippen LogP contribution >= 0.6 is 0 Å². The van der Waals surface area contributed by atoms with Gasteiger partial charge in [0.25, 0.3) is 11.5 Å². The van der Waals surface area contributed by atoms with Gasteiger partial charge in [-0.25, -0.2) is 9.18 Å². The molecule has 4 aromatic rings. The summed E-state index contributed by atoms with van der Waals surface area (Å²) in [5, 5.41) is 0.300. The number of carbonyl (C=O) groups is 2. The zero-order valence-electron chi connectivity index (χ0n) is 26.3. The van der Waals surface area contributed by atoms with Crippen LogP contribution in [-0.2, 0) is 11.3 Å². The first-order chi connectivity index (χ1) is 22.9. The minimum Gasteiger partial charge on any atom is -0.394 e. The number of H-pyrrole nitrogens is 1. The van der Waals surface area contributed by atoms with Crippen molar-refractivity contribution in [3.05, 3.63) is 115 Å². The molecule has 3 aliphatic rings. The van der Waals surface area contributed by atoms with E-state index >= 15 is 8.63 Å². The first-order valence-corrected chi connectivity index (χ1v) is 15.6. The summed E-state index contributed by atoms with van der Waals surface area (Å²) in [5.41, 5.74) is 1.69. The monoisotopic (exact) mass is 657 g/mol. The first kappa shape index (κ1) is 31.2. The summed E-state index contributed by atoms with van der Waals surface area (Å²) in [4.78, 5) is 60.7. The van der Waals surface area contributed by atoms with Gasteiger partial charge in [-0.05, 0) is 49.4 Å². The van der Waals surface area contributed by atoms with Crippen LogP contribution in [0.15, 0.2) is 70.0 Å². The number of hydrogen-bond acceptors (Lipinski definition) is 5. The number of hydrogen-bond donors (Lipinski definition) is 1. The average molecular weight is 657 g/mol. The van der Waals surface area contributed by atoms with Crippen molar-refractivity contribution in [1.82, 2.24) is 28.8 Å². The number of carbonyl (C=O) groups excluding carboxylic acids is 2. The summed E-state index contributed by atoms with van der Waals surface area (Å²) in [6.07, 6.45) is 6.08. The molecule has 1 N–H and O–H groups in total. The van der Waals surface area contributed by atoms with Crippen LogP contribution in [-0.4, -0.2) is 84.0 Å². The van der Waals surface area contributed by atoms with Crippen molar-refractivity contribution in [2.24, 2.45) is 0 Å². The highest BCUT2D eigenvalue weighted by Gasteiger charge is 2.52. The van der Waals surface area contributed by atoms with E-state index in [0.717, 1.165) is 20.7 Å². The Morgan fingerprint density at radius 1 is 1.02 bits per heavy atom. The van der Waals surface area contributed by atoms with Gasteiger partial charge in [-0.2, -0.15) is 0 Å². The maximum atomic E-state index is 15.7. The molecule has 0 saturated carbocycles. The van der Waals surface area contributed by atoms with Gasteiger partial charge in [-0.1, -0.05) is 12.1 Å². The molecule has 6 heterocycles. The van der Waals surface area contributed by atoms with Crippen LogP contribution in [0.1, 0.15) is 45.8 Å². The number of para-hydroxylation sites is 1. The average Bonchev–Trinajstić information content (AvgIpc) is 3.62. The summed E-state index contributed by atoms with van der Waals surface area (Å²) in [6.45, 7) is -0.0637. The van der Waals surface area contributed by atoms with Gasteiger partial charge in [0.2, 0.25) is 5.91 Å². The molecule has 48 heavy (non-hydrogen) atoms. The number of aryl methyl sites for hydroxylation is 2. The van der Waals surface area contributed by atoms with Gasteiger partial charge in [0.1, 0.15) is 5.71 Å². The summed E-state index contributed by atoms with van der Waals surface area (Å²) in [5.74, 6) is -1.64. The zero-order chi connectivity index (χ0) is 33.9. The fourth-order valence-corrected chi connectivity index (χ4v) is 6.91. The molecule has 3 aliphatic heterocycles. The van der Waals surface area contributed by atoms with E-state index in [4.69, 9.17) is 0 Å². The number of halogens is 3. The van der Waals surface area contributed by atoms with Crippen molar-refractivity contribution >= 4 is 41.5 Å². The van der Waals surface area contributed by atoms with Crippen molar-refractivity contribution in [3.63, 3.8) is 0 Å². The lowest BCUT2D eigenvalue weighted by atomic mass is 9.90. The molecule has 0 spiro atoms. The number of nitrogens with one attached hydrogen (secondary N) is 1. The molecule has 11 nitrogen and oxygen atoms in total. The summed E-state index contributed by atoms with van der Waals surface area (Å²) >= 11 is 0. The third-order valence-electron chi connectivity index (χ3n) is 9.29. The Hall–Kier alpha value is -5.47. The Morgan fingerprint density at radius 3 is 2.52 bits per heavy atom. The lowest BCUT2D eigenvalue weighted by molar-refractivity contribution is -0.362. The van der Waals surface area contributed by atoms with Crippen LogP contribution in [0.3, 0.4) is 0 Å². The van der Waals surface area contributed by atoms with Crippen LogP contribution in [0, 0.1) is 19.7 Å². The van der Waals surface area contributed by atoms with E-state index in [1.165, 1.54) is 15.5 Å². The lowest BCUT2D eigenvalue weighted by Gasteiger charge is -2.35. The molecule has 1 fully saturated rings. The normalized spacial score (nSPS) is 16.7. The highest BCUT2D eigenvalue weighted by atomic mass is 19.2. The third kappa shape index (κ3) is 5.19. The van der Waals surface area contributed by atoms with E-state index in [1.54, 1.807) is 67.3 Å². The molecule has 0 bridgehead atoms. The Morgan fingerprint density at radius 2 is 1.75 bits per heavy atom. The first-order valence-electron chi connectivity index (χ1n) is 15.6. The van der Waals surface area contributed by atoms with E-state index in [9.17, 15) is 23.6 Å². The molecule has 1 saturated heterocycles. The number of rotatable bonds is 6. The Balaban J connectivity index is 1.01. The van der Waals surface area contributed by atoms with E-state index in [2.05, 4.69) is 9.97 Å². The molecule has 7 rings (SSSR count).